The smallest absolute Gasteiger partial charge is 0.224 e. The van der Waals surface area contributed by atoms with Crippen LogP contribution in [0.3, 0.4) is 0 Å². The van der Waals surface area contributed by atoms with Crippen LogP contribution >= 0.6 is 0 Å². The maximum Gasteiger partial charge on any atom is 0.224 e. The van der Waals surface area contributed by atoms with Gasteiger partial charge in [0.05, 0.1) is 5.69 Å². The molecule has 0 aliphatic carbocycles. The number of nitrogens with one attached hydrogen (secondary N) is 1. The molecule has 0 bridgehead atoms. The highest BCUT2D eigenvalue weighted by Gasteiger charge is 2.18. The van der Waals surface area contributed by atoms with E-state index in [0.29, 0.717) is 24.2 Å². The Bertz CT molecular complexity index is 732. The minimum atomic E-state index is -0.697. The fourth-order valence-electron chi connectivity index (χ4n) is 2.19. The first-order chi connectivity index (χ1) is 10.0. The van der Waals surface area contributed by atoms with Crippen molar-refractivity contribution in [1.29, 1.82) is 0 Å². The summed E-state index contributed by atoms with van der Waals surface area (Å²) in [6.45, 7) is 0. The fourth-order valence-corrected chi connectivity index (χ4v) is 2.19. The molecular weight excluding hydrogens is 278 g/mol. The molecule has 3 rings (SSSR count). The van der Waals surface area contributed by atoms with Gasteiger partial charge in [-0.15, -0.1) is 0 Å². The molecule has 21 heavy (non-hydrogen) atoms. The van der Waals surface area contributed by atoms with E-state index in [-0.39, 0.29) is 17.4 Å². The van der Waals surface area contributed by atoms with Crippen molar-refractivity contribution in [1.82, 2.24) is 0 Å². The lowest BCUT2D eigenvalue weighted by Gasteiger charge is -2.19. The van der Waals surface area contributed by atoms with Crippen LogP contribution in [0.1, 0.15) is 12.0 Å². The Morgan fingerprint density at radius 1 is 1.10 bits per heavy atom. The Balaban J connectivity index is 1.97. The molecule has 0 saturated heterocycles. The first kappa shape index (κ1) is 13.4. The third kappa shape index (κ3) is 2.65. The van der Waals surface area contributed by atoms with E-state index in [1.807, 2.05) is 0 Å². The Morgan fingerprint density at radius 3 is 2.71 bits per heavy atom. The molecule has 4 nitrogen and oxygen atoms in total. The maximum atomic E-state index is 13.6. The number of anilines is 2. The highest BCUT2D eigenvalue weighted by Crippen LogP contribution is 2.36. The van der Waals surface area contributed by atoms with Gasteiger partial charge in [-0.2, -0.15) is 0 Å². The number of halogens is 2. The fraction of sp³-hybridized carbons (Fsp3) is 0.133. The first-order valence-corrected chi connectivity index (χ1v) is 6.38. The molecule has 2 aromatic carbocycles. The van der Waals surface area contributed by atoms with E-state index in [9.17, 15) is 13.6 Å². The van der Waals surface area contributed by atoms with E-state index in [4.69, 9.17) is 10.5 Å². The molecule has 0 saturated carbocycles. The number of nitrogen functional groups attached to an aromatic ring is 1. The zero-order valence-corrected chi connectivity index (χ0v) is 11.0. The van der Waals surface area contributed by atoms with Crippen LogP contribution in [0.4, 0.5) is 20.2 Å². The molecule has 0 spiro atoms. The Hall–Kier alpha value is -2.63. The number of hydrogen-bond acceptors (Lipinski definition) is 3. The largest absolute Gasteiger partial charge is 0.452 e. The van der Waals surface area contributed by atoms with Crippen LogP contribution < -0.4 is 15.8 Å². The van der Waals surface area contributed by atoms with E-state index in [2.05, 4.69) is 5.32 Å². The summed E-state index contributed by atoms with van der Waals surface area (Å²) in [7, 11) is 0. The van der Waals surface area contributed by atoms with Crippen LogP contribution in [-0.2, 0) is 11.2 Å². The average molecular weight is 290 g/mol. The monoisotopic (exact) mass is 290 g/mol. The lowest BCUT2D eigenvalue weighted by molar-refractivity contribution is -0.116. The standard InChI is InChI=1S/C15H12F2N2O2/c16-9-2-3-10(17)13(6-9)21-14-7-12-8(5-11(14)18)1-4-15(20)19-12/h2-3,5-7H,1,4,18H2,(H,19,20). The molecular formula is C15H12F2N2O2. The molecule has 0 atom stereocenters. The van der Waals surface area contributed by atoms with E-state index in [1.165, 1.54) is 6.07 Å². The van der Waals surface area contributed by atoms with Gasteiger partial charge in [0.15, 0.2) is 17.3 Å². The van der Waals surface area contributed by atoms with Gasteiger partial charge in [0.2, 0.25) is 5.91 Å². The van der Waals surface area contributed by atoms with Crippen molar-refractivity contribution in [2.24, 2.45) is 0 Å². The average Bonchev–Trinajstić information content (AvgIpc) is 2.44. The second kappa shape index (κ2) is 5.05. The topological polar surface area (TPSA) is 64.3 Å². The van der Waals surface area contributed by atoms with Crippen LogP contribution in [0.15, 0.2) is 30.3 Å². The van der Waals surface area contributed by atoms with Gasteiger partial charge >= 0.3 is 0 Å². The van der Waals surface area contributed by atoms with Crippen molar-refractivity contribution in [3.63, 3.8) is 0 Å². The molecule has 0 aromatic heterocycles. The molecule has 1 heterocycles. The predicted octanol–water partition coefficient (Wildman–Crippen LogP) is 3.22. The van der Waals surface area contributed by atoms with Gasteiger partial charge in [-0.05, 0) is 30.2 Å². The number of aryl methyl sites for hydroxylation is 1. The van der Waals surface area contributed by atoms with Crippen molar-refractivity contribution < 1.29 is 18.3 Å². The second-order valence-electron chi connectivity index (χ2n) is 4.77. The summed E-state index contributed by atoms with van der Waals surface area (Å²) in [6.07, 6.45) is 0.977. The van der Waals surface area contributed by atoms with Crippen LogP contribution in [0.25, 0.3) is 0 Å². The van der Waals surface area contributed by atoms with Crippen molar-refractivity contribution in [3.05, 3.63) is 47.5 Å². The third-order valence-corrected chi connectivity index (χ3v) is 3.24. The predicted molar refractivity (Wildman–Crippen MR) is 74.2 cm³/mol. The van der Waals surface area contributed by atoms with Crippen molar-refractivity contribution in [2.45, 2.75) is 12.8 Å². The van der Waals surface area contributed by atoms with E-state index >= 15 is 0 Å². The lowest BCUT2D eigenvalue weighted by Crippen LogP contribution is -2.19. The number of carbonyl (C=O) groups is 1. The Kier molecular flexibility index (Phi) is 3.21. The van der Waals surface area contributed by atoms with Crippen molar-refractivity contribution in [2.75, 3.05) is 11.1 Å². The summed E-state index contributed by atoms with van der Waals surface area (Å²) in [4.78, 5) is 11.4. The van der Waals surface area contributed by atoms with Gasteiger partial charge in [-0.3, -0.25) is 4.79 Å². The molecule has 6 heteroatoms. The number of hydrogen-bond donors (Lipinski definition) is 2. The SMILES string of the molecule is Nc1cc2c(cc1Oc1cc(F)ccc1F)NC(=O)CC2. The van der Waals surface area contributed by atoms with Gasteiger partial charge in [-0.25, -0.2) is 8.78 Å². The summed E-state index contributed by atoms with van der Waals surface area (Å²) in [5.74, 6) is -1.51. The Labute approximate surface area is 119 Å². The summed E-state index contributed by atoms with van der Waals surface area (Å²) < 4.78 is 32.1. The number of benzene rings is 2. The zero-order chi connectivity index (χ0) is 15.0. The van der Waals surface area contributed by atoms with Crippen LogP contribution in [-0.4, -0.2) is 5.91 Å². The van der Waals surface area contributed by atoms with Gasteiger partial charge in [0, 0.05) is 24.2 Å². The van der Waals surface area contributed by atoms with Crippen LogP contribution in [0, 0.1) is 11.6 Å². The number of fused-ring (bicyclic) bond motifs is 1. The molecule has 0 radical (unpaired) electrons. The zero-order valence-electron chi connectivity index (χ0n) is 11.0. The molecule has 0 fully saturated rings. The third-order valence-electron chi connectivity index (χ3n) is 3.24. The number of carbonyl (C=O) groups excluding carboxylic acids is 1. The summed E-state index contributed by atoms with van der Waals surface area (Å²) in [5.41, 5.74) is 7.63. The summed E-state index contributed by atoms with van der Waals surface area (Å²) >= 11 is 0. The summed E-state index contributed by atoms with van der Waals surface area (Å²) in [5, 5.41) is 2.70. The minimum absolute atomic E-state index is 0.102. The van der Waals surface area contributed by atoms with Crippen molar-refractivity contribution >= 4 is 17.3 Å². The number of ether oxygens (including phenoxy) is 1. The highest BCUT2D eigenvalue weighted by molar-refractivity contribution is 5.94. The number of rotatable bonds is 2. The molecule has 1 amide bonds. The number of nitrogens with two attached hydrogens (primary N) is 1. The molecule has 1 aliphatic rings. The first-order valence-electron chi connectivity index (χ1n) is 6.38. The lowest BCUT2D eigenvalue weighted by atomic mass is 10.0. The van der Waals surface area contributed by atoms with Crippen LogP contribution in [0.2, 0.25) is 0 Å². The summed E-state index contributed by atoms with van der Waals surface area (Å²) in [6, 6.07) is 6.10. The van der Waals surface area contributed by atoms with E-state index in [1.54, 1.807) is 6.07 Å². The van der Waals surface area contributed by atoms with E-state index in [0.717, 1.165) is 23.8 Å². The van der Waals surface area contributed by atoms with Crippen molar-refractivity contribution in [3.8, 4) is 11.5 Å². The minimum Gasteiger partial charge on any atom is -0.452 e. The van der Waals surface area contributed by atoms with E-state index < -0.39 is 11.6 Å². The molecule has 2 aromatic rings. The van der Waals surface area contributed by atoms with Crippen LogP contribution in [0.5, 0.6) is 11.5 Å². The van der Waals surface area contributed by atoms with Gasteiger partial charge < -0.3 is 15.8 Å². The molecule has 1 aliphatic heterocycles. The molecule has 108 valence electrons. The highest BCUT2D eigenvalue weighted by atomic mass is 19.1. The van der Waals surface area contributed by atoms with Gasteiger partial charge in [0.1, 0.15) is 5.82 Å². The van der Waals surface area contributed by atoms with Gasteiger partial charge in [0.25, 0.3) is 0 Å². The normalized spacial score (nSPS) is 13.5. The second-order valence-corrected chi connectivity index (χ2v) is 4.77. The van der Waals surface area contributed by atoms with Gasteiger partial charge in [-0.1, -0.05) is 0 Å². The molecule has 3 N–H and O–H groups in total. The quantitative estimate of drug-likeness (QED) is 0.835. The number of amides is 1. The maximum absolute atomic E-state index is 13.6. The Morgan fingerprint density at radius 2 is 1.90 bits per heavy atom. The molecule has 0 unspecified atom stereocenters.